The molecule has 0 amide bonds. The maximum absolute atomic E-state index is 10.8. The second-order valence-electron chi connectivity index (χ2n) is 2.71. The minimum atomic E-state index is -2.43. The van der Waals surface area contributed by atoms with Crippen molar-refractivity contribution >= 4 is 16.4 Å². The van der Waals surface area contributed by atoms with Gasteiger partial charge in [-0.1, -0.05) is 5.16 Å². The van der Waals surface area contributed by atoms with Gasteiger partial charge in [0.1, 0.15) is 0 Å². The minimum absolute atomic E-state index is 0.0917. The quantitative estimate of drug-likeness (QED) is 0.550. The molecule has 0 radical (unpaired) electrons. The van der Waals surface area contributed by atoms with E-state index in [1.54, 1.807) is 13.8 Å². The summed E-state index contributed by atoms with van der Waals surface area (Å²) in [5.41, 5.74) is 1.35. The Morgan fingerprint density at radius 2 is 2.14 bits per heavy atom. The van der Waals surface area contributed by atoms with Gasteiger partial charge in [0.25, 0.3) is 6.73 Å². The van der Waals surface area contributed by atoms with Gasteiger partial charge < -0.3 is 4.74 Å². The van der Waals surface area contributed by atoms with Gasteiger partial charge in [-0.3, -0.25) is 4.52 Å². The van der Waals surface area contributed by atoms with Crippen molar-refractivity contribution in [1.29, 1.82) is 0 Å². The maximum Gasteiger partial charge on any atom is 0.470 e. The van der Waals surface area contributed by atoms with Crippen molar-refractivity contribution in [2.24, 2.45) is 0 Å². The summed E-state index contributed by atoms with van der Waals surface area (Å²) < 4.78 is 32.2. The van der Waals surface area contributed by atoms with Crippen LogP contribution >= 0.6 is 0 Å². The Morgan fingerprint density at radius 3 is 2.50 bits per heavy atom. The number of aryl methyl sites for hydroxylation is 1. The van der Waals surface area contributed by atoms with Crippen LogP contribution in [0.2, 0.25) is 0 Å². The fraction of sp³-hybridized carbons (Fsp3) is 0.571. The highest BCUT2D eigenvalue weighted by Crippen LogP contribution is 2.20. The largest absolute Gasteiger partial charge is 0.470 e. The molecule has 1 aromatic heterocycles. The molecule has 1 rings (SSSR count). The molecular formula is C7H11N2O4S+. The highest BCUT2D eigenvalue weighted by molar-refractivity contribution is 7.59. The first kappa shape index (κ1) is 10.9. The number of hydrogen-bond donors (Lipinski definition) is 0. The Balaban J connectivity index is 3.27. The van der Waals surface area contributed by atoms with Gasteiger partial charge in [-0.05, 0) is 17.8 Å². The molecule has 0 unspecified atom stereocenters. The second-order valence-corrected chi connectivity index (χ2v) is 3.59. The predicted octanol–water partition coefficient (Wildman–Crippen LogP) is 0.602. The van der Waals surface area contributed by atoms with Crippen LogP contribution in [0.1, 0.15) is 11.3 Å². The average molecular weight is 219 g/mol. The lowest BCUT2D eigenvalue weighted by Crippen LogP contribution is -2.08. The van der Waals surface area contributed by atoms with Crippen molar-refractivity contribution in [1.82, 2.24) is 5.16 Å². The SMILES string of the molecule is COC[N+](c1onc(C)c1C)=S(=O)=O. The molecule has 7 heteroatoms. The molecule has 0 aliphatic rings. The van der Waals surface area contributed by atoms with Crippen molar-refractivity contribution in [2.75, 3.05) is 13.8 Å². The van der Waals surface area contributed by atoms with Gasteiger partial charge in [-0.2, -0.15) is 0 Å². The molecule has 78 valence electrons. The summed E-state index contributed by atoms with van der Waals surface area (Å²) in [6, 6.07) is 0. The van der Waals surface area contributed by atoms with E-state index in [1.807, 2.05) is 0 Å². The maximum atomic E-state index is 10.8. The van der Waals surface area contributed by atoms with E-state index >= 15 is 0 Å². The second kappa shape index (κ2) is 4.34. The Kier molecular flexibility index (Phi) is 3.37. The zero-order chi connectivity index (χ0) is 10.7. The van der Waals surface area contributed by atoms with E-state index in [1.165, 1.54) is 7.11 Å². The summed E-state index contributed by atoms with van der Waals surface area (Å²) in [7, 11) is -1.03. The van der Waals surface area contributed by atoms with E-state index in [4.69, 9.17) is 9.26 Å². The van der Waals surface area contributed by atoms with E-state index in [9.17, 15) is 8.42 Å². The molecule has 0 saturated carbocycles. The van der Waals surface area contributed by atoms with Crippen LogP contribution in [0.5, 0.6) is 0 Å². The third-order valence-corrected chi connectivity index (χ3v) is 2.42. The smallest absolute Gasteiger partial charge is 0.325 e. The Bertz CT molecular complexity index is 452. The Labute approximate surface area is 82.8 Å². The number of aromatic nitrogens is 1. The van der Waals surface area contributed by atoms with Crippen molar-refractivity contribution in [2.45, 2.75) is 13.8 Å². The molecule has 0 atom stereocenters. The van der Waals surface area contributed by atoms with Crippen LogP contribution < -0.4 is 0 Å². The van der Waals surface area contributed by atoms with E-state index in [-0.39, 0.29) is 12.6 Å². The van der Waals surface area contributed by atoms with Gasteiger partial charge in [0.05, 0.1) is 11.3 Å². The van der Waals surface area contributed by atoms with Gasteiger partial charge in [-0.15, -0.1) is 8.42 Å². The normalized spacial score (nSPS) is 10.2. The molecule has 0 saturated heterocycles. The monoisotopic (exact) mass is 219 g/mol. The summed E-state index contributed by atoms with van der Waals surface area (Å²) in [6.07, 6.45) is 0. The standard InChI is InChI=1S/C7H11N2O4S/c1-5-6(2)8-13-7(5)9(4-12-3)14(10)11/h4H2,1-3H3/q+1. The van der Waals surface area contributed by atoms with Crippen molar-refractivity contribution < 1.29 is 21.6 Å². The minimum Gasteiger partial charge on any atom is -0.325 e. The van der Waals surface area contributed by atoms with E-state index in [0.717, 1.165) is 3.95 Å². The molecule has 0 bridgehead atoms. The first-order valence-corrected chi connectivity index (χ1v) is 4.89. The van der Waals surface area contributed by atoms with E-state index in [0.29, 0.717) is 11.3 Å². The summed E-state index contributed by atoms with van der Waals surface area (Å²) in [6.45, 7) is 3.38. The topological polar surface area (TPSA) is 72.4 Å². The lowest BCUT2D eigenvalue weighted by molar-refractivity contribution is -0.479. The fourth-order valence-electron chi connectivity index (χ4n) is 0.923. The molecule has 1 aromatic rings. The zero-order valence-corrected chi connectivity index (χ0v) is 8.96. The highest BCUT2D eigenvalue weighted by Gasteiger charge is 2.23. The first-order valence-electron chi connectivity index (χ1n) is 3.86. The molecule has 1 heterocycles. The summed E-state index contributed by atoms with van der Waals surface area (Å²) in [5, 5.41) is 3.66. The summed E-state index contributed by atoms with van der Waals surface area (Å²) >= 11 is 0. The van der Waals surface area contributed by atoms with E-state index < -0.39 is 10.5 Å². The molecule has 0 fully saturated rings. The molecular weight excluding hydrogens is 208 g/mol. The number of ether oxygens (including phenoxy) is 1. The molecule has 14 heavy (non-hydrogen) atoms. The third kappa shape index (κ3) is 1.99. The van der Waals surface area contributed by atoms with Gasteiger partial charge in [0, 0.05) is 7.11 Å². The van der Waals surface area contributed by atoms with Crippen LogP contribution in [0.3, 0.4) is 0 Å². The van der Waals surface area contributed by atoms with Crippen molar-refractivity contribution in [3.05, 3.63) is 11.3 Å². The molecule has 0 spiro atoms. The number of rotatable bonds is 3. The van der Waals surface area contributed by atoms with E-state index in [2.05, 4.69) is 5.16 Å². The fourth-order valence-corrected chi connectivity index (χ4v) is 1.42. The summed E-state index contributed by atoms with van der Waals surface area (Å²) in [5.74, 6) is 0.192. The van der Waals surface area contributed by atoms with Gasteiger partial charge in [0.2, 0.25) is 0 Å². The molecule has 0 aliphatic carbocycles. The third-order valence-electron chi connectivity index (χ3n) is 1.79. The van der Waals surface area contributed by atoms with Crippen LogP contribution in [0, 0.1) is 13.8 Å². The lowest BCUT2D eigenvalue weighted by atomic mass is 10.3. The molecule has 6 nitrogen and oxygen atoms in total. The lowest BCUT2D eigenvalue weighted by Gasteiger charge is -1.90. The van der Waals surface area contributed by atoms with Crippen LogP contribution in [0.4, 0.5) is 5.88 Å². The number of nitrogens with zero attached hydrogens (tertiary/aromatic N) is 2. The van der Waals surface area contributed by atoms with Crippen LogP contribution in [0.15, 0.2) is 4.52 Å². The number of methoxy groups -OCH3 is 1. The van der Waals surface area contributed by atoms with Crippen LogP contribution in [-0.2, 0) is 15.2 Å². The number of hydrogen-bond acceptors (Lipinski definition) is 5. The highest BCUT2D eigenvalue weighted by atomic mass is 32.2. The summed E-state index contributed by atoms with van der Waals surface area (Å²) in [4.78, 5) is 0. The van der Waals surface area contributed by atoms with Crippen molar-refractivity contribution in [3.8, 4) is 0 Å². The van der Waals surface area contributed by atoms with Gasteiger partial charge in [-0.25, -0.2) is 0 Å². The van der Waals surface area contributed by atoms with Gasteiger partial charge in [0.15, 0.2) is 0 Å². The Morgan fingerprint density at radius 1 is 1.50 bits per heavy atom. The predicted molar refractivity (Wildman–Crippen MR) is 46.7 cm³/mol. The molecule has 0 N–H and O–H groups in total. The Hall–Kier alpha value is -1.21. The van der Waals surface area contributed by atoms with Gasteiger partial charge >= 0.3 is 16.4 Å². The van der Waals surface area contributed by atoms with Crippen LogP contribution in [0.25, 0.3) is 0 Å². The molecule has 0 aromatic carbocycles. The molecule has 0 aliphatic heterocycles. The average Bonchev–Trinajstić information content (AvgIpc) is 2.44. The van der Waals surface area contributed by atoms with Crippen molar-refractivity contribution in [3.63, 3.8) is 0 Å². The first-order chi connectivity index (χ1) is 6.57. The zero-order valence-electron chi connectivity index (χ0n) is 8.14. The van der Waals surface area contributed by atoms with Crippen LogP contribution in [-0.4, -0.2) is 31.4 Å².